The van der Waals surface area contributed by atoms with Crippen molar-refractivity contribution in [2.45, 2.75) is 13.0 Å². The van der Waals surface area contributed by atoms with E-state index in [1.54, 1.807) is 0 Å². The highest BCUT2D eigenvalue weighted by Crippen LogP contribution is 2.29. The summed E-state index contributed by atoms with van der Waals surface area (Å²) in [5, 5.41) is 12.1. The Hall–Kier alpha value is -4.33. The van der Waals surface area contributed by atoms with Gasteiger partial charge in [0.05, 0.1) is 36.3 Å². The van der Waals surface area contributed by atoms with Crippen LogP contribution in [0.1, 0.15) is 22.4 Å². The maximum atomic E-state index is 5.48. The van der Waals surface area contributed by atoms with Crippen molar-refractivity contribution in [3.8, 4) is 11.1 Å². The number of nitrogens with zero attached hydrogens (tertiary/aromatic N) is 4. The second kappa shape index (κ2) is 11.0. The molecule has 7 nitrogen and oxygen atoms in total. The average molecular weight is 503 g/mol. The number of rotatable bonds is 8. The molecule has 38 heavy (non-hydrogen) atoms. The van der Waals surface area contributed by atoms with Crippen LogP contribution in [0.4, 0.5) is 5.69 Å². The third-order valence-electron chi connectivity index (χ3n) is 6.83. The van der Waals surface area contributed by atoms with Crippen LogP contribution in [0.5, 0.6) is 0 Å². The van der Waals surface area contributed by atoms with E-state index in [-0.39, 0.29) is 0 Å². The van der Waals surface area contributed by atoms with E-state index in [9.17, 15) is 0 Å². The summed E-state index contributed by atoms with van der Waals surface area (Å²) in [6.07, 6.45) is 8.40. The first kappa shape index (κ1) is 24.0. The van der Waals surface area contributed by atoms with Crippen LogP contribution < -0.4 is 5.32 Å². The van der Waals surface area contributed by atoms with Gasteiger partial charge in [0.2, 0.25) is 0 Å². The van der Waals surface area contributed by atoms with Gasteiger partial charge in [0.25, 0.3) is 0 Å². The molecule has 0 spiro atoms. The molecule has 5 aromatic rings. The molecule has 1 aliphatic rings. The standard InChI is InChI=1S/C31H30N6O/c1-22(34-28-15-24(17-33-20-28)13-23-5-3-2-4-6-23)31-29-16-26(7-8-30(29)35-36-31)27-14-25(18-32-19-27)21-37-9-11-38-12-10-37/h2-8,14-20,34H,1,9-13,21H2,(H,35,36). The molecule has 0 bridgehead atoms. The molecule has 0 atom stereocenters. The number of fused-ring (bicyclic) bond motifs is 1. The highest BCUT2D eigenvalue weighted by Gasteiger charge is 2.14. The summed E-state index contributed by atoms with van der Waals surface area (Å²) in [5.74, 6) is 0. The smallest absolute Gasteiger partial charge is 0.116 e. The monoisotopic (exact) mass is 502 g/mol. The summed E-state index contributed by atoms with van der Waals surface area (Å²) in [4.78, 5) is 11.4. The molecule has 2 N–H and O–H groups in total. The Morgan fingerprint density at radius 1 is 0.868 bits per heavy atom. The molecule has 0 saturated carbocycles. The van der Waals surface area contributed by atoms with Crippen molar-refractivity contribution >= 4 is 22.3 Å². The molecule has 190 valence electrons. The summed E-state index contributed by atoms with van der Waals surface area (Å²) in [5.41, 5.74) is 9.10. The zero-order chi connectivity index (χ0) is 25.7. The fourth-order valence-electron chi connectivity index (χ4n) is 4.89. The van der Waals surface area contributed by atoms with Gasteiger partial charge in [-0.05, 0) is 52.9 Å². The second-order valence-corrected chi connectivity index (χ2v) is 9.65. The first-order valence-electron chi connectivity index (χ1n) is 12.9. The molecular formula is C31H30N6O. The lowest BCUT2D eigenvalue weighted by Gasteiger charge is -2.26. The Bertz CT molecular complexity index is 1560. The first-order valence-corrected chi connectivity index (χ1v) is 12.9. The zero-order valence-corrected chi connectivity index (χ0v) is 21.2. The van der Waals surface area contributed by atoms with Crippen LogP contribution in [-0.4, -0.2) is 51.4 Å². The number of anilines is 1. The second-order valence-electron chi connectivity index (χ2n) is 9.65. The molecule has 7 heteroatoms. The van der Waals surface area contributed by atoms with Crippen LogP contribution in [0.3, 0.4) is 0 Å². The SMILES string of the molecule is C=C(Nc1cncc(Cc2ccccc2)c1)c1n[nH]c2ccc(-c3cncc(CN4CCOCC4)c3)cc12. The van der Waals surface area contributed by atoms with Crippen molar-refractivity contribution in [3.63, 3.8) is 0 Å². The average Bonchev–Trinajstić information content (AvgIpc) is 3.38. The molecule has 6 rings (SSSR count). The lowest BCUT2D eigenvalue weighted by atomic mass is 10.0. The van der Waals surface area contributed by atoms with Crippen molar-refractivity contribution in [3.05, 3.63) is 114 Å². The van der Waals surface area contributed by atoms with Gasteiger partial charge < -0.3 is 10.1 Å². The van der Waals surface area contributed by atoms with Crippen LogP contribution in [0, 0.1) is 0 Å². The minimum Gasteiger partial charge on any atom is -0.379 e. The van der Waals surface area contributed by atoms with E-state index in [0.29, 0.717) is 5.70 Å². The Kier molecular flexibility index (Phi) is 6.93. The number of hydrogen-bond donors (Lipinski definition) is 2. The van der Waals surface area contributed by atoms with Gasteiger partial charge in [0.1, 0.15) is 5.69 Å². The van der Waals surface area contributed by atoms with Gasteiger partial charge in [-0.3, -0.25) is 20.0 Å². The lowest BCUT2D eigenvalue weighted by Crippen LogP contribution is -2.35. The molecule has 1 fully saturated rings. The van der Waals surface area contributed by atoms with Crippen LogP contribution in [0.2, 0.25) is 0 Å². The molecule has 4 heterocycles. The molecular weight excluding hydrogens is 472 g/mol. The summed E-state index contributed by atoms with van der Waals surface area (Å²) >= 11 is 0. The largest absolute Gasteiger partial charge is 0.379 e. The summed E-state index contributed by atoms with van der Waals surface area (Å²) in [7, 11) is 0. The number of aromatic nitrogens is 4. The van der Waals surface area contributed by atoms with Gasteiger partial charge >= 0.3 is 0 Å². The first-order chi connectivity index (χ1) is 18.7. The zero-order valence-electron chi connectivity index (χ0n) is 21.2. The number of morpholine rings is 1. The van der Waals surface area contributed by atoms with Gasteiger partial charge in [0, 0.05) is 49.2 Å². The Balaban J connectivity index is 1.21. The van der Waals surface area contributed by atoms with Crippen LogP contribution >= 0.6 is 0 Å². The van der Waals surface area contributed by atoms with Crippen LogP contribution in [0.15, 0.2) is 92.0 Å². The van der Waals surface area contributed by atoms with Gasteiger partial charge in [-0.2, -0.15) is 5.10 Å². The van der Waals surface area contributed by atoms with E-state index in [0.717, 1.165) is 78.2 Å². The summed E-state index contributed by atoms with van der Waals surface area (Å²) in [6, 6.07) is 21.0. The summed E-state index contributed by atoms with van der Waals surface area (Å²) < 4.78 is 5.48. The predicted octanol–water partition coefficient (Wildman–Crippen LogP) is 5.53. The molecule has 2 aromatic carbocycles. The third-order valence-corrected chi connectivity index (χ3v) is 6.83. The maximum Gasteiger partial charge on any atom is 0.116 e. The van der Waals surface area contributed by atoms with Crippen LogP contribution in [-0.2, 0) is 17.7 Å². The van der Waals surface area contributed by atoms with E-state index in [1.807, 2.05) is 30.9 Å². The number of H-pyrrole nitrogens is 1. The van der Waals surface area contributed by atoms with E-state index in [1.165, 1.54) is 11.1 Å². The van der Waals surface area contributed by atoms with Crippen molar-refractivity contribution < 1.29 is 4.74 Å². The molecule has 1 saturated heterocycles. The normalized spacial score (nSPS) is 14.0. The number of ether oxygens (including phenoxy) is 1. The van der Waals surface area contributed by atoms with E-state index < -0.39 is 0 Å². The van der Waals surface area contributed by atoms with Gasteiger partial charge in [-0.1, -0.05) is 43.0 Å². The number of nitrogens with one attached hydrogen (secondary N) is 2. The van der Waals surface area contributed by atoms with E-state index in [4.69, 9.17) is 4.74 Å². The number of hydrogen-bond acceptors (Lipinski definition) is 6. The van der Waals surface area contributed by atoms with Crippen molar-refractivity contribution in [2.24, 2.45) is 0 Å². The molecule has 0 amide bonds. The highest BCUT2D eigenvalue weighted by atomic mass is 16.5. The fourth-order valence-corrected chi connectivity index (χ4v) is 4.89. The molecule has 0 radical (unpaired) electrons. The molecule has 0 aliphatic carbocycles. The molecule has 1 aliphatic heterocycles. The van der Waals surface area contributed by atoms with Crippen molar-refractivity contribution in [1.29, 1.82) is 0 Å². The Morgan fingerprint density at radius 2 is 1.68 bits per heavy atom. The van der Waals surface area contributed by atoms with E-state index >= 15 is 0 Å². The Labute approximate surface area is 222 Å². The van der Waals surface area contributed by atoms with E-state index in [2.05, 4.69) is 91.6 Å². The summed E-state index contributed by atoms with van der Waals surface area (Å²) in [6.45, 7) is 8.65. The Morgan fingerprint density at radius 3 is 2.55 bits per heavy atom. The fraction of sp³-hybridized carbons (Fsp3) is 0.194. The van der Waals surface area contributed by atoms with Crippen LogP contribution in [0.25, 0.3) is 27.7 Å². The number of pyridine rings is 2. The maximum absolute atomic E-state index is 5.48. The topological polar surface area (TPSA) is 79.0 Å². The predicted molar refractivity (Wildman–Crippen MR) is 152 cm³/mol. The van der Waals surface area contributed by atoms with Gasteiger partial charge in [-0.25, -0.2) is 0 Å². The van der Waals surface area contributed by atoms with Gasteiger partial charge in [-0.15, -0.1) is 0 Å². The minimum absolute atomic E-state index is 0.714. The van der Waals surface area contributed by atoms with Crippen molar-refractivity contribution in [1.82, 2.24) is 25.1 Å². The number of aromatic amines is 1. The molecule has 0 unspecified atom stereocenters. The van der Waals surface area contributed by atoms with Crippen molar-refractivity contribution in [2.75, 3.05) is 31.6 Å². The number of benzene rings is 2. The molecule has 3 aromatic heterocycles. The highest BCUT2D eigenvalue weighted by molar-refractivity contribution is 5.95. The minimum atomic E-state index is 0.714. The quantitative estimate of drug-likeness (QED) is 0.291. The lowest BCUT2D eigenvalue weighted by molar-refractivity contribution is 0.0341. The third kappa shape index (κ3) is 5.49. The van der Waals surface area contributed by atoms with Gasteiger partial charge in [0.15, 0.2) is 0 Å².